The van der Waals surface area contributed by atoms with Gasteiger partial charge in [-0.25, -0.2) is 4.39 Å². The molecule has 1 heterocycles. The molecule has 0 aliphatic carbocycles. The van der Waals surface area contributed by atoms with Crippen LogP contribution in [0.15, 0.2) is 48.5 Å². The van der Waals surface area contributed by atoms with Gasteiger partial charge in [0, 0.05) is 19.2 Å². The number of carbonyl (C=O) groups excluding carboxylic acids is 1. The quantitative estimate of drug-likeness (QED) is 0.758. The smallest absolute Gasteiger partial charge is 0.247 e. The van der Waals surface area contributed by atoms with Crippen molar-refractivity contribution in [1.82, 2.24) is 4.90 Å². The monoisotopic (exact) mass is 371 g/mol. The highest BCUT2D eigenvalue weighted by Gasteiger charge is 2.18. The summed E-state index contributed by atoms with van der Waals surface area (Å²) in [6, 6.07) is 11.5. The van der Waals surface area contributed by atoms with Gasteiger partial charge in [0.1, 0.15) is 5.82 Å². The van der Waals surface area contributed by atoms with Gasteiger partial charge in [0.15, 0.2) is 11.5 Å². The molecule has 1 amide bonds. The highest BCUT2D eigenvalue weighted by molar-refractivity contribution is 5.99. The second kappa shape index (κ2) is 8.68. The summed E-state index contributed by atoms with van der Waals surface area (Å²) in [4.78, 5) is 14.5. The SMILES string of the molecule is COc1ccc(/C(=C\C(=O)N2CCOCC2)c2ccc(F)cc2)cc1OC. The van der Waals surface area contributed by atoms with Gasteiger partial charge < -0.3 is 19.1 Å². The largest absolute Gasteiger partial charge is 0.493 e. The zero-order valence-electron chi connectivity index (χ0n) is 15.4. The molecule has 0 spiro atoms. The number of nitrogens with zero attached hydrogens (tertiary/aromatic N) is 1. The molecule has 1 aliphatic rings. The minimum absolute atomic E-state index is 0.104. The van der Waals surface area contributed by atoms with E-state index in [9.17, 15) is 9.18 Å². The zero-order valence-corrected chi connectivity index (χ0v) is 15.4. The van der Waals surface area contributed by atoms with Crippen LogP contribution in [0.3, 0.4) is 0 Å². The number of halogens is 1. The van der Waals surface area contributed by atoms with Crippen LogP contribution in [0.4, 0.5) is 4.39 Å². The van der Waals surface area contributed by atoms with E-state index in [2.05, 4.69) is 0 Å². The molecule has 3 rings (SSSR count). The Morgan fingerprint density at radius 2 is 1.63 bits per heavy atom. The molecule has 27 heavy (non-hydrogen) atoms. The van der Waals surface area contributed by atoms with Crippen molar-refractivity contribution in [2.24, 2.45) is 0 Å². The lowest BCUT2D eigenvalue weighted by Gasteiger charge is -2.26. The van der Waals surface area contributed by atoms with Gasteiger partial charge >= 0.3 is 0 Å². The fourth-order valence-electron chi connectivity index (χ4n) is 2.97. The molecule has 2 aromatic carbocycles. The number of hydrogen-bond acceptors (Lipinski definition) is 4. The highest BCUT2D eigenvalue weighted by atomic mass is 19.1. The molecule has 142 valence electrons. The first-order chi connectivity index (χ1) is 13.1. The fourth-order valence-corrected chi connectivity index (χ4v) is 2.97. The number of carbonyl (C=O) groups is 1. The summed E-state index contributed by atoms with van der Waals surface area (Å²) in [5.74, 6) is 0.721. The minimum Gasteiger partial charge on any atom is -0.493 e. The average molecular weight is 371 g/mol. The molecule has 0 N–H and O–H groups in total. The van der Waals surface area contributed by atoms with Gasteiger partial charge in [-0.05, 0) is 41.0 Å². The lowest BCUT2D eigenvalue weighted by molar-refractivity contribution is -0.129. The van der Waals surface area contributed by atoms with Crippen molar-refractivity contribution in [3.8, 4) is 11.5 Å². The molecule has 6 heteroatoms. The van der Waals surface area contributed by atoms with E-state index < -0.39 is 0 Å². The predicted octanol–water partition coefficient (Wildman–Crippen LogP) is 3.13. The van der Waals surface area contributed by atoms with Gasteiger partial charge in [-0.1, -0.05) is 18.2 Å². The van der Waals surface area contributed by atoms with Crippen LogP contribution in [0, 0.1) is 5.82 Å². The Hall–Kier alpha value is -2.86. The van der Waals surface area contributed by atoms with Gasteiger partial charge in [0.05, 0.1) is 27.4 Å². The molecule has 0 bridgehead atoms. The average Bonchev–Trinajstić information content (AvgIpc) is 2.72. The summed E-state index contributed by atoms with van der Waals surface area (Å²) in [6.07, 6.45) is 1.58. The molecular formula is C21H22FNO4. The molecule has 1 aliphatic heterocycles. The first-order valence-corrected chi connectivity index (χ1v) is 8.69. The normalized spacial score (nSPS) is 14.8. The summed E-state index contributed by atoms with van der Waals surface area (Å²) < 4.78 is 29.3. The molecule has 1 saturated heterocycles. The molecular weight excluding hydrogens is 349 g/mol. The topological polar surface area (TPSA) is 48.0 Å². The lowest BCUT2D eigenvalue weighted by atomic mass is 9.96. The second-order valence-corrected chi connectivity index (χ2v) is 6.07. The third-order valence-electron chi connectivity index (χ3n) is 4.44. The van der Waals surface area contributed by atoms with Crippen LogP contribution in [0.2, 0.25) is 0 Å². The van der Waals surface area contributed by atoms with Crippen LogP contribution >= 0.6 is 0 Å². The van der Waals surface area contributed by atoms with E-state index >= 15 is 0 Å². The molecule has 0 aromatic heterocycles. The van der Waals surface area contributed by atoms with E-state index in [1.54, 1.807) is 49.5 Å². The highest BCUT2D eigenvalue weighted by Crippen LogP contribution is 2.33. The lowest BCUT2D eigenvalue weighted by Crippen LogP contribution is -2.39. The van der Waals surface area contributed by atoms with E-state index in [1.807, 2.05) is 6.07 Å². The number of hydrogen-bond donors (Lipinski definition) is 0. The van der Waals surface area contributed by atoms with Crippen molar-refractivity contribution < 1.29 is 23.4 Å². The van der Waals surface area contributed by atoms with Crippen LogP contribution in [0.25, 0.3) is 5.57 Å². The summed E-state index contributed by atoms with van der Waals surface area (Å²) in [5, 5.41) is 0. The zero-order chi connectivity index (χ0) is 19.2. The van der Waals surface area contributed by atoms with Crippen molar-refractivity contribution in [2.75, 3.05) is 40.5 Å². The first kappa shape index (κ1) is 18.9. The maximum absolute atomic E-state index is 13.4. The van der Waals surface area contributed by atoms with E-state index in [-0.39, 0.29) is 11.7 Å². The number of morpholine rings is 1. The Balaban J connectivity index is 2.03. The Bertz CT molecular complexity index is 827. The molecule has 1 fully saturated rings. The van der Waals surface area contributed by atoms with Gasteiger partial charge in [-0.2, -0.15) is 0 Å². The predicted molar refractivity (Wildman–Crippen MR) is 100 cm³/mol. The third-order valence-corrected chi connectivity index (χ3v) is 4.44. The molecule has 2 aromatic rings. The molecule has 0 radical (unpaired) electrons. The van der Waals surface area contributed by atoms with Crippen molar-refractivity contribution in [1.29, 1.82) is 0 Å². The summed E-state index contributed by atoms with van der Waals surface area (Å²) in [6.45, 7) is 2.17. The number of ether oxygens (including phenoxy) is 3. The van der Waals surface area contributed by atoms with Gasteiger partial charge in [0.25, 0.3) is 0 Å². The maximum atomic E-state index is 13.4. The number of benzene rings is 2. The van der Waals surface area contributed by atoms with E-state index in [4.69, 9.17) is 14.2 Å². The summed E-state index contributed by atoms with van der Waals surface area (Å²) in [5.41, 5.74) is 2.21. The minimum atomic E-state index is -0.329. The van der Waals surface area contributed by atoms with E-state index in [0.29, 0.717) is 43.4 Å². The van der Waals surface area contributed by atoms with E-state index in [0.717, 1.165) is 11.1 Å². The van der Waals surface area contributed by atoms with Crippen LogP contribution in [-0.2, 0) is 9.53 Å². The van der Waals surface area contributed by atoms with Gasteiger partial charge in [-0.15, -0.1) is 0 Å². The van der Waals surface area contributed by atoms with Crippen LogP contribution in [0.1, 0.15) is 11.1 Å². The number of rotatable bonds is 5. The first-order valence-electron chi connectivity index (χ1n) is 8.69. The Kier molecular flexibility index (Phi) is 6.08. The summed E-state index contributed by atoms with van der Waals surface area (Å²) in [7, 11) is 3.12. The Labute approximate surface area is 158 Å². The van der Waals surface area contributed by atoms with Crippen LogP contribution in [-0.4, -0.2) is 51.3 Å². The number of amides is 1. The van der Waals surface area contributed by atoms with Gasteiger partial charge in [-0.3, -0.25) is 4.79 Å². The fraction of sp³-hybridized carbons (Fsp3) is 0.286. The second-order valence-electron chi connectivity index (χ2n) is 6.07. The molecule has 0 saturated carbocycles. The summed E-state index contributed by atoms with van der Waals surface area (Å²) >= 11 is 0. The van der Waals surface area contributed by atoms with Crippen molar-refractivity contribution in [3.05, 3.63) is 65.5 Å². The van der Waals surface area contributed by atoms with Crippen molar-refractivity contribution >= 4 is 11.5 Å². The van der Waals surface area contributed by atoms with Crippen LogP contribution < -0.4 is 9.47 Å². The van der Waals surface area contributed by atoms with Crippen molar-refractivity contribution in [2.45, 2.75) is 0 Å². The standard InChI is InChI=1S/C21H22FNO4/c1-25-19-8-5-16(13-20(19)26-2)18(15-3-6-17(22)7-4-15)14-21(24)23-9-11-27-12-10-23/h3-8,13-14H,9-12H2,1-2H3/b18-14-. The molecule has 0 atom stereocenters. The van der Waals surface area contributed by atoms with Crippen LogP contribution in [0.5, 0.6) is 11.5 Å². The molecule has 5 nitrogen and oxygen atoms in total. The molecule has 0 unspecified atom stereocenters. The van der Waals surface area contributed by atoms with E-state index in [1.165, 1.54) is 12.1 Å². The third kappa shape index (κ3) is 4.46. The Morgan fingerprint density at radius 3 is 2.26 bits per heavy atom. The maximum Gasteiger partial charge on any atom is 0.247 e. The van der Waals surface area contributed by atoms with Crippen molar-refractivity contribution in [3.63, 3.8) is 0 Å². The van der Waals surface area contributed by atoms with Gasteiger partial charge in [0.2, 0.25) is 5.91 Å². The Morgan fingerprint density at radius 1 is 1.00 bits per heavy atom. The number of methoxy groups -OCH3 is 2.